The minimum atomic E-state index is -0.523. The maximum Gasteiger partial charge on any atom is 0.353 e. The van der Waals surface area contributed by atoms with Gasteiger partial charge in [0.05, 0.1) is 4.92 Å². The molecule has 116 valence electrons. The number of rotatable bonds is 7. The maximum atomic E-state index is 12.9. The van der Waals surface area contributed by atoms with Crippen molar-refractivity contribution in [3.05, 3.63) is 52.1 Å². The number of nitrogens with zero attached hydrogens (tertiary/aromatic N) is 3. The van der Waals surface area contributed by atoms with Gasteiger partial charge in [0.25, 0.3) is 0 Å². The minimum Gasteiger partial charge on any atom is -0.364 e. The Morgan fingerprint density at radius 1 is 1.18 bits per heavy atom. The van der Waals surface area contributed by atoms with Gasteiger partial charge in [-0.3, -0.25) is 10.1 Å². The number of halogens is 1. The highest BCUT2D eigenvalue weighted by Crippen LogP contribution is 2.29. The van der Waals surface area contributed by atoms with Crippen LogP contribution in [0.15, 0.2) is 30.6 Å². The second kappa shape index (κ2) is 7.30. The highest BCUT2D eigenvalue weighted by Gasteiger charge is 2.22. The van der Waals surface area contributed by atoms with Gasteiger partial charge in [0.1, 0.15) is 12.1 Å². The van der Waals surface area contributed by atoms with Gasteiger partial charge < -0.3 is 10.6 Å². The summed E-state index contributed by atoms with van der Waals surface area (Å²) in [5.41, 5.74) is 0.593. The molecule has 8 heteroatoms. The van der Waals surface area contributed by atoms with Crippen LogP contribution in [-0.2, 0) is 6.54 Å². The Morgan fingerprint density at radius 3 is 2.41 bits per heavy atom. The molecule has 0 aliphatic rings. The number of aromatic nitrogens is 2. The molecular formula is C14H16FN5O2. The Morgan fingerprint density at radius 2 is 1.82 bits per heavy atom. The average Bonchev–Trinajstić information content (AvgIpc) is 2.52. The predicted molar refractivity (Wildman–Crippen MR) is 81.2 cm³/mol. The van der Waals surface area contributed by atoms with Crippen molar-refractivity contribution in [2.24, 2.45) is 0 Å². The first-order valence-corrected chi connectivity index (χ1v) is 6.83. The van der Waals surface area contributed by atoms with Crippen LogP contribution >= 0.6 is 0 Å². The molecule has 1 aromatic carbocycles. The quantitative estimate of drug-likeness (QED) is 0.603. The van der Waals surface area contributed by atoms with Crippen molar-refractivity contribution in [1.29, 1.82) is 0 Å². The number of nitro groups is 1. The lowest BCUT2D eigenvalue weighted by Gasteiger charge is -2.09. The molecule has 0 radical (unpaired) electrons. The van der Waals surface area contributed by atoms with Crippen molar-refractivity contribution in [3.63, 3.8) is 0 Å². The fourth-order valence-electron chi connectivity index (χ4n) is 1.84. The molecule has 1 heterocycles. The minimum absolute atomic E-state index is 0.128. The molecule has 0 unspecified atom stereocenters. The molecule has 7 nitrogen and oxygen atoms in total. The lowest BCUT2D eigenvalue weighted by atomic mass is 10.2. The molecule has 0 saturated carbocycles. The third kappa shape index (κ3) is 3.87. The number of anilines is 2. The Kier molecular flexibility index (Phi) is 5.18. The Balaban J connectivity index is 2.18. The largest absolute Gasteiger partial charge is 0.364 e. The molecule has 1 aromatic heterocycles. The van der Waals surface area contributed by atoms with Crippen molar-refractivity contribution < 1.29 is 9.31 Å². The zero-order valence-corrected chi connectivity index (χ0v) is 12.0. The standard InChI is InChI=1S/C14H16FN5O2/c1-2-7-16-13-12(20(21)22)14(19-9-18-13)17-8-10-3-5-11(15)6-4-10/h3-6,9H,2,7-8H2,1H3,(H2,16,17,18,19). The van der Waals surface area contributed by atoms with Crippen LogP contribution in [0.1, 0.15) is 18.9 Å². The molecule has 0 amide bonds. The van der Waals surface area contributed by atoms with E-state index in [1.54, 1.807) is 12.1 Å². The highest BCUT2D eigenvalue weighted by molar-refractivity contribution is 5.69. The van der Waals surface area contributed by atoms with Crippen LogP contribution in [0.4, 0.5) is 21.7 Å². The van der Waals surface area contributed by atoms with Gasteiger partial charge in [-0.25, -0.2) is 14.4 Å². The Hall–Kier alpha value is -2.77. The summed E-state index contributed by atoms with van der Waals surface area (Å²) in [6.07, 6.45) is 2.08. The van der Waals surface area contributed by atoms with Crippen LogP contribution in [0.2, 0.25) is 0 Å². The van der Waals surface area contributed by atoms with Gasteiger partial charge in [0.2, 0.25) is 11.6 Å². The van der Waals surface area contributed by atoms with Gasteiger partial charge >= 0.3 is 5.69 Å². The van der Waals surface area contributed by atoms with Crippen molar-refractivity contribution in [3.8, 4) is 0 Å². The number of hydrogen-bond donors (Lipinski definition) is 2. The Bertz CT molecular complexity index is 648. The predicted octanol–water partition coefficient (Wildman–Crippen LogP) is 2.96. The van der Waals surface area contributed by atoms with E-state index >= 15 is 0 Å². The van der Waals surface area contributed by atoms with Gasteiger partial charge in [0.15, 0.2) is 0 Å². The van der Waals surface area contributed by atoms with E-state index in [0.29, 0.717) is 13.1 Å². The summed E-state index contributed by atoms with van der Waals surface area (Å²) in [6.45, 7) is 2.83. The molecule has 0 atom stereocenters. The van der Waals surface area contributed by atoms with Crippen LogP contribution in [0.3, 0.4) is 0 Å². The molecule has 22 heavy (non-hydrogen) atoms. The molecule has 0 saturated heterocycles. The molecule has 0 fully saturated rings. The van der Waals surface area contributed by atoms with Crippen molar-refractivity contribution >= 4 is 17.3 Å². The van der Waals surface area contributed by atoms with Crippen LogP contribution in [-0.4, -0.2) is 21.4 Å². The summed E-state index contributed by atoms with van der Waals surface area (Å²) in [5.74, 6) is -0.0193. The molecule has 0 spiro atoms. The van der Waals surface area contributed by atoms with Gasteiger partial charge in [-0.2, -0.15) is 0 Å². The summed E-state index contributed by atoms with van der Waals surface area (Å²) in [5, 5.41) is 17.1. The summed E-state index contributed by atoms with van der Waals surface area (Å²) in [6, 6.07) is 5.87. The lowest BCUT2D eigenvalue weighted by molar-refractivity contribution is -0.383. The van der Waals surface area contributed by atoms with E-state index in [-0.39, 0.29) is 23.1 Å². The van der Waals surface area contributed by atoms with E-state index in [4.69, 9.17) is 0 Å². The normalized spacial score (nSPS) is 10.3. The molecule has 0 bridgehead atoms. The smallest absolute Gasteiger partial charge is 0.353 e. The first-order valence-electron chi connectivity index (χ1n) is 6.83. The fourth-order valence-corrected chi connectivity index (χ4v) is 1.84. The van der Waals surface area contributed by atoms with Gasteiger partial charge in [-0.1, -0.05) is 19.1 Å². The van der Waals surface area contributed by atoms with Crippen LogP contribution in [0.25, 0.3) is 0 Å². The van der Waals surface area contributed by atoms with Gasteiger partial charge in [0, 0.05) is 13.1 Å². The highest BCUT2D eigenvalue weighted by atomic mass is 19.1. The van der Waals surface area contributed by atoms with E-state index in [0.717, 1.165) is 12.0 Å². The number of benzene rings is 1. The number of nitrogens with one attached hydrogen (secondary N) is 2. The molecule has 2 N–H and O–H groups in total. The summed E-state index contributed by atoms with van der Waals surface area (Å²) in [7, 11) is 0. The van der Waals surface area contributed by atoms with Crippen molar-refractivity contribution in [2.45, 2.75) is 19.9 Å². The van der Waals surface area contributed by atoms with E-state index in [1.807, 2.05) is 6.92 Å². The van der Waals surface area contributed by atoms with Crippen molar-refractivity contribution in [1.82, 2.24) is 9.97 Å². The maximum absolute atomic E-state index is 12.9. The van der Waals surface area contributed by atoms with Crippen LogP contribution in [0, 0.1) is 15.9 Å². The molecule has 2 aromatic rings. The second-order valence-corrected chi connectivity index (χ2v) is 4.58. The third-order valence-corrected chi connectivity index (χ3v) is 2.92. The summed E-state index contributed by atoms with van der Waals surface area (Å²) >= 11 is 0. The summed E-state index contributed by atoms with van der Waals surface area (Å²) in [4.78, 5) is 18.6. The van der Waals surface area contributed by atoms with Crippen LogP contribution < -0.4 is 10.6 Å². The first kappa shape index (κ1) is 15.6. The van der Waals surface area contributed by atoms with Crippen LogP contribution in [0.5, 0.6) is 0 Å². The van der Waals surface area contributed by atoms with E-state index in [9.17, 15) is 14.5 Å². The molecule has 0 aliphatic carbocycles. The van der Waals surface area contributed by atoms with E-state index in [2.05, 4.69) is 20.6 Å². The zero-order chi connectivity index (χ0) is 15.9. The van der Waals surface area contributed by atoms with E-state index in [1.165, 1.54) is 18.5 Å². The number of hydrogen-bond acceptors (Lipinski definition) is 6. The lowest BCUT2D eigenvalue weighted by Crippen LogP contribution is -2.10. The zero-order valence-electron chi connectivity index (χ0n) is 12.0. The average molecular weight is 305 g/mol. The van der Waals surface area contributed by atoms with Crippen molar-refractivity contribution in [2.75, 3.05) is 17.2 Å². The van der Waals surface area contributed by atoms with E-state index < -0.39 is 4.92 Å². The molecule has 0 aliphatic heterocycles. The molecular weight excluding hydrogens is 289 g/mol. The Labute approximate surface area is 126 Å². The molecule has 2 rings (SSSR count). The van der Waals surface area contributed by atoms with Gasteiger partial charge in [-0.05, 0) is 24.1 Å². The SMILES string of the molecule is CCCNc1ncnc(NCc2ccc(F)cc2)c1[N+](=O)[O-]. The summed E-state index contributed by atoms with van der Waals surface area (Å²) < 4.78 is 12.9. The first-order chi connectivity index (χ1) is 10.6. The third-order valence-electron chi connectivity index (χ3n) is 2.92. The monoisotopic (exact) mass is 305 g/mol. The topological polar surface area (TPSA) is 93.0 Å². The fraction of sp³-hybridized carbons (Fsp3) is 0.286. The second-order valence-electron chi connectivity index (χ2n) is 4.58. The van der Waals surface area contributed by atoms with Gasteiger partial charge in [-0.15, -0.1) is 0 Å².